The highest BCUT2D eigenvalue weighted by molar-refractivity contribution is 9.10. The van der Waals surface area contributed by atoms with E-state index in [0.29, 0.717) is 17.2 Å². The van der Waals surface area contributed by atoms with E-state index in [4.69, 9.17) is 11.6 Å². The zero-order chi connectivity index (χ0) is 15.9. The summed E-state index contributed by atoms with van der Waals surface area (Å²) in [5.41, 5.74) is 0.888. The van der Waals surface area contributed by atoms with E-state index in [1.165, 1.54) is 4.31 Å². The topological polar surface area (TPSA) is 49.7 Å². The Morgan fingerprint density at radius 2 is 1.82 bits per heavy atom. The number of para-hydroxylation sites is 1. The molecule has 0 bridgehead atoms. The molecule has 0 N–H and O–H groups in total. The largest absolute Gasteiger partial charge is 0.273 e. The summed E-state index contributed by atoms with van der Waals surface area (Å²) in [5.74, 6) is 0.404. The molecule has 7 heteroatoms. The minimum atomic E-state index is -3.82. The number of fused-ring (bicyclic) bond motifs is 1. The van der Waals surface area contributed by atoms with Crippen molar-refractivity contribution in [3.05, 3.63) is 53.6 Å². The Hall–Kier alpha value is -1.37. The number of amidine groups is 1. The molecule has 1 heterocycles. The summed E-state index contributed by atoms with van der Waals surface area (Å²) >= 11 is 9.55. The Morgan fingerprint density at radius 1 is 1.14 bits per heavy atom. The van der Waals surface area contributed by atoms with Crippen molar-refractivity contribution < 1.29 is 8.42 Å². The Labute approximate surface area is 142 Å². The Bertz CT molecular complexity index is 851. The lowest BCUT2D eigenvalue weighted by Gasteiger charge is -2.31. The van der Waals surface area contributed by atoms with Crippen LogP contribution in [0.1, 0.15) is 6.92 Å². The number of rotatable bonds is 2. The lowest BCUT2D eigenvalue weighted by molar-refractivity contribution is 0.596. The van der Waals surface area contributed by atoms with Crippen LogP contribution in [0, 0.1) is 0 Å². The second-order valence-electron chi connectivity index (χ2n) is 4.78. The predicted octanol–water partition coefficient (Wildman–Crippen LogP) is 4.36. The average Bonchev–Trinajstić information content (AvgIpc) is 2.46. The van der Waals surface area contributed by atoms with Gasteiger partial charge in [0.1, 0.15) is 10.7 Å². The number of hydrogen-bond donors (Lipinski definition) is 0. The van der Waals surface area contributed by atoms with Gasteiger partial charge in [-0.05, 0) is 31.2 Å². The molecule has 4 nitrogen and oxygen atoms in total. The molecule has 3 rings (SSSR count). The Balaban J connectivity index is 2.33. The van der Waals surface area contributed by atoms with Gasteiger partial charge in [-0.15, -0.1) is 0 Å². The molecule has 114 valence electrons. The molecule has 1 unspecified atom stereocenters. The van der Waals surface area contributed by atoms with E-state index in [1.54, 1.807) is 42.5 Å². The molecule has 22 heavy (non-hydrogen) atoms. The maximum absolute atomic E-state index is 13.1. The van der Waals surface area contributed by atoms with Crippen molar-refractivity contribution in [3.8, 4) is 0 Å². The summed E-state index contributed by atoms with van der Waals surface area (Å²) in [4.78, 5) is 4.29. The van der Waals surface area contributed by atoms with Gasteiger partial charge in [0.25, 0.3) is 10.0 Å². The second-order valence-corrected chi connectivity index (χ2v) is 8.28. The number of anilines is 1. The van der Waals surface area contributed by atoms with Crippen molar-refractivity contribution in [2.24, 2.45) is 4.99 Å². The number of nitrogens with zero attached hydrogens (tertiary/aromatic N) is 2. The van der Waals surface area contributed by atoms with Crippen LogP contribution in [0.25, 0.3) is 0 Å². The summed E-state index contributed by atoms with van der Waals surface area (Å²) in [7, 11) is -3.82. The van der Waals surface area contributed by atoms with Crippen LogP contribution in [-0.4, -0.2) is 19.1 Å². The summed E-state index contributed by atoms with van der Waals surface area (Å²) in [6.07, 6.45) is 0. The maximum Gasteiger partial charge on any atom is 0.273 e. The van der Waals surface area contributed by atoms with E-state index < -0.39 is 10.0 Å². The van der Waals surface area contributed by atoms with Gasteiger partial charge in [0.05, 0.1) is 21.2 Å². The number of halogens is 2. The van der Waals surface area contributed by atoms with Crippen molar-refractivity contribution in [1.29, 1.82) is 0 Å². The van der Waals surface area contributed by atoms with Crippen LogP contribution < -0.4 is 4.31 Å². The quantitative estimate of drug-likeness (QED) is 0.704. The average molecular weight is 400 g/mol. The van der Waals surface area contributed by atoms with Gasteiger partial charge in [0.2, 0.25) is 0 Å². The van der Waals surface area contributed by atoms with Gasteiger partial charge in [-0.25, -0.2) is 17.7 Å². The molecule has 0 saturated heterocycles. The molecule has 1 atom stereocenters. The number of alkyl halides is 1. The third-order valence-corrected chi connectivity index (χ3v) is 5.89. The maximum atomic E-state index is 13.1. The first kappa shape index (κ1) is 15.5. The van der Waals surface area contributed by atoms with Gasteiger partial charge in [-0.2, -0.15) is 0 Å². The highest BCUT2D eigenvalue weighted by atomic mass is 79.9. The van der Waals surface area contributed by atoms with Gasteiger partial charge >= 0.3 is 0 Å². The third-order valence-electron chi connectivity index (χ3n) is 3.23. The molecule has 0 fully saturated rings. The van der Waals surface area contributed by atoms with Crippen LogP contribution in [0.2, 0.25) is 5.02 Å². The van der Waals surface area contributed by atoms with Gasteiger partial charge in [-0.1, -0.05) is 51.8 Å². The fourth-order valence-electron chi connectivity index (χ4n) is 2.31. The third kappa shape index (κ3) is 2.45. The molecule has 0 aromatic heterocycles. The van der Waals surface area contributed by atoms with Crippen LogP contribution in [0.3, 0.4) is 0 Å². The molecule has 0 spiro atoms. The van der Waals surface area contributed by atoms with Crippen LogP contribution in [0.15, 0.2) is 58.4 Å². The van der Waals surface area contributed by atoms with Crippen molar-refractivity contribution in [1.82, 2.24) is 0 Å². The zero-order valence-corrected chi connectivity index (χ0v) is 14.7. The standard InChI is InChI=1S/C15H12BrClN2O2S/c1-10(16)15-18-13-9-5-8-12(17)14(13)22(20,21)19(15)11-6-3-2-4-7-11/h2-10H,1H3. The fourth-order valence-corrected chi connectivity index (χ4v) is 4.93. The van der Waals surface area contributed by atoms with E-state index in [-0.39, 0.29) is 14.7 Å². The van der Waals surface area contributed by atoms with Gasteiger partial charge in [0, 0.05) is 0 Å². The highest BCUT2D eigenvalue weighted by Gasteiger charge is 2.38. The Morgan fingerprint density at radius 3 is 2.45 bits per heavy atom. The molecule has 0 amide bonds. The predicted molar refractivity (Wildman–Crippen MR) is 93.0 cm³/mol. The van der Waals surface area contributed by atoms with E-state index in [9.17, 15) is 8.42 Å². The first-order valence-electron chi connectivity index (χ1n) is 6.54. The molecule has 2 aromatic rings. The Kier molecular flexibility index (Phi) is 4.01. The summed E-state index contributed by atoms with van der Waals surface area (Å²) in [6.45, 7) is 1.83. The first-order valence-corrected chi connectivity index (χ1v) is 9.28. The fraction of sp³-hybridized carbons (Fsp3) is 0.133. The van der Waals surface area contributed by atoms with Crippen LogP contribution in [-0.2, 0) is 10.0 Å². The lowest BCUT2D eigenvalue weighted by atomic mass is 10.3. The summed E-state index contributed by atoms with van der Waals surface area (Å²) < 4.78 is 27.4. The first-order chi connectivity index (χ1) is 10.4. The van der Waals surface area contributed by atoms with Crippen LogP contribution >= 0.6 is 27.5 Å². The van der Waals surface area contributed by atoms with Crippen LogP contribution in [0.5, 0.6) is 0 Å². The zero-order valence-electron chi connectivity index (χ0n) is 11.6. The SMILES string of the molecule is CC(Br)C1=Nc2cccc(Cl)c2S(=O)(=O)N1c1ccccc1. The summed E-state index contributed by atoms with van der Waals surface area (Å²) in [6, 6.07) is 13.7. The van der Waals surface area contributed by atoms with Crippen molar-refractivity contribution in [2.75, 3.05) is 4.31 Å². The van der Waals surface area contributed by atoms with E-state index in [0.717, 1.165) is 0 Å². The lowest BCUT2D eigenvalue weighted by Crippen LogP contribution is -2.42. The molecule has 1 aliphatic rings. The van der Waals surface area contributed by atoms with Crippen molar-refractivity contribution in [3.63, 3.8) is 0 Å². The molecule has 0 saturated carbocycles. The minimum Gasteiger partial charge on any atom is -0.232 e. The molecule has 0 radical (unpaired) electrons. The number of benzene rings is 2. The van der Waals surface area contributed by atoms with Gasteiger partial charge in [-0.3, -0.25) is 0 Å². The molecule has 0 aliphatic carbocycles. The highest BCUT2D eigenvalue weighted by Crippen LogP contribution is 2.40. The van der Waals surface area contributed by atoms with E-state index in [1.807, 2.05) is 13.0 Å². The smallest absolute Gasteiger partial charge is 0.232 e. The van der Waals surface area contributed by atoms with E-state index in [2.05, 4.69) is 20.9 Å². The van der Waals surface area contributed by atoms with Crippen LogP contribution in [0.4, 0.5) is 11.4 Å². The van der Waals surface area contributed by atoms with E-state index >= 15 is 0 Å². The number of aliphatic imine (C=N–C) groups is 1. The molecular formula is C15H12BrClN2O2S. The summed E-state index contributed by atoms with van der Waals surface area (Å²) in [5, 5.41) is 0.170. The molecule has 2 aromatic carbocycles. The van der Waals surface area contributed by atoms with Gasteiger partial charge in [0.15, 0.2) is 0 Å². The van der Waals surface area contributed by atoms with Crippen molar-refractivity contribution >= 4 is 54.8 Å². The normalized spacial score (nSPS) is 17.6. The van der Waals surface area contributed by atoms with Crippen molar-refractivity contribution in [2.45, 2.75) is 16.6 Å². The molecular weight excluding hydrogens is 388 g/mol. The number of hydrogen-bond acceptors (Lipinski definition) is 3. The van der Waals surface area contributed by atoms with Gasteiger partial charge < -0.3 is 0 Å². The monoisotopic (exact) mass is 398 g/mol. The minimum absolute atomic E-state index is 0.0393. The number of sulfonamides is 1. The molecule has 1 aliphatic heterocycles. The second kappa shape index (κ2) is 5.68.